The summed E-state index contributed by atoms with van der Waals surface area (Å²) in [5.74, 6) is 0.703. The Hall–Kier alpha value is -2.19. The maximum atomic E-state index is 10.1. The molecule has 0 aliphatic heterocycles. The maximum Gasteiger partial charge on any atom is 0.240 e. The molecule has 1 heterocycles. The Balaban J connectivity index is 2.68. The molecule has 0 N–H and O–H groups in total. The fourth-order valence-corrected chi connectivity index (χ4v) is 1.40. The van der Waals surface area contributed by atoms with Crippen LogP contribution < -0.4 is 4.74 Å². The van der Waals surface area contributed by atoms with E-state index in [1.165, 1.54) is 12.3 Å². The first-order valence-corrected chi connectivity index (χ1v) is 4.36. The second-order valence-electron chi connectivity index (χ2n) is 2.93. The number of isocyanates is 1. The smallest absolute Gasteiger partial charge is 0.240 e. The van der Waals surface area contributed by atoms with E-state index in [-0.39, 0.29) is 0 Å². The lowest BCUT2D eigenvalue weighted by atomic mass is 10.2. The summed E-state index contributed by atoms with van der Waals surface area (Å²) in [4.78, 5) is 17.8. The van der Waals surface area contributed by atoms with Crippen molar-refractivity contribution in [2.24, 2.45) is 4.99 Å². The monoisotopic (exact) mass is 200 g/mol. The molecular weight excluding hydrogens is 192 g/mol. The van der Waals surface area contributed by atoms with E-state index in [4.69, 9.17) is 4.74 Å². The van der Waals surface area contributed by atoms with Gasteiger partial charge in [-0.3, -0.25) is 4.98 Å². The van der Waals surface area contributed by atoms with E-state index in [2.05, 4.69) is 9.98 Å². The van der Waals surface area contributed by atoms with Gasteiger partial charge in [0.15, 0.2) is 0 Å². The largest absolute Gasteiger partial charge is 0.494 e. The summed E-state index contributed by atoms with van der Waals surface area (Å²) in [6.07, 6.45) is 2.99. The van der Waals surface area contributed by atoms with Gasteiger partial charge in [-0.15, -0.1) is 0 Å². The number of nitrogens with zero attached hydrogens (tertiary/aromatic N) is 2. The van der Waals surface area contributed by atoms with Crippen molar-refractivity contribution in [3.05, 3.63) is 30.5 Å². The quantitative estimate of drug-likeness (QED) is 0.551. The summed E-state index contributed by atoms with van der Waals surface area (Å²) >= 11 is 0. The van der Waals surface area contributed by atoms with Gasteiger partial charge in [-0.1, -0.05) is 12.1 Å². The van der Waals surface area contributed by atoms with Crippen LogP contribution in [0.2, 0.25) is 0 Å². The number of methoxy groups -OCH3 is 1. The molecule has 1 aromatic carbocycles. The molecular formula is C11H8N2O2. The molecule has 2 rings (SSSR count). The molecule has 0 unspecified atom stereocenters. The highest BCUT2D eigenvalue weighted by Crippen LogP contribution is 2.25. The highest BCUT2D eigenvalue weighted by atomic mass is 16.5. The summed E-state index contributed by atoms with van der Waals surface area (Å²) < 4.78 is 5.16. The van der Waals surface area contributed by atoms with Crippen molar-refractivity contribution >= 4 is 22.7 Å². The normalized spacial score (nSPS) is 9.67. The average Bonchev–Trinajstić information content (AvgIpc) is 2.28. The maximum absolute atomic E-state index is 10.1. The highest BCUT2D eigenvalue weighted by Gasteiger charge is 2.02. The van der Waals surface area contributed by atoms with Crippen molar-refractivity contribution < 1.29 is 9.53 Å². The van der Waals surface area contributed by atoms with Gasteiger partial charge in [-0.2, -0.15) is 4.99 Å². The van der Waals surface area contributed by atoms with Gasteiger partial charge in [0.2, 0.25) is 6.08 Å². The van der Waals surface area contributed by atoms with Gasteiger partial charge in [0.05, 0.1) is 19.0 Å². The molecule has 4 nitrogen and oxygen atoms in total. The minimum Gasteiger partial charge on any atom is -0.494 e. The molecule has 0 bridgehead atoms. The molecule has 0 saturated carbocycles. The molecule has 74 valence electrons. The first kappa shape index (κ1) is 9.37. The molecule has 0 amide bonds. The summed E-state index contributed by atoms with van der Waals surface area (Å²) in [5, 5.41) is 0.880. The van der Waals surface area contributed by atoms with Crippen LogP contribution in [-0.4, -0.2) is 18.2 Å². The van der Waals surface area contributed by atoms with Gasteiger partial charge in [-0.25, -0.2) is 4.79 Å². The lowest BCUT2D eigenvalue weighted by Crippen LogP contribution is -1.86. The van der Waals surface area contributed by atoms with E-state index in [0.717, 1.165) is 10.9 Å². The Bertz CT molecular complexity index is 545. The Morgan fingerprint density at radius 1 is 1.47 bits per heavy atom. The molecule has 0 atom stereocenters. The molecule has 0 saturated heterocycles. The molecule has 4 heteroatoms. The Kier molecular flexibility index (Phi) is 2.44. The van der Waals surface area contributed by atoms with Crippen molar-refractivity contribution in [1.29, 1.82) is 0 Å². The van der Waals surface area contributed by atoms with Crippen LogP contribution in [-0.2, 0) is 4.79 Å². The number of ether oxygens (including phenoxy) is 1. The van der Waals surface area contributed by atoms with Gasteiger partial charge in [-0.05, 0) is 12.1 Å². The molecule has 0 fully saturated rings. The number of para-hydroxylation sites is 1. The zero-order valence-electron chi connectivity index (χ0n) is 8.10. The number of benzene rings is 1. The number of rotatable bonds is 2. The highest BCUT2D eigenvalue weighted by molar-refractivity contribution is 5.86. The minimum atomic E-state index is 0.491. The van der Waals surface area contributed by atoms with E-state index < -0.39 is 0 Å². The fraction of sp³-hybridized carbons (Fsp3) is 0.0909. The fourth-order valence-electron chi connectivity index (χ4n) is 1.40. The topological polar surface area (TPSA) is 51.5 Å². The summed E-state index contributed by atoms with van der Waals surface area (Å²) in [5.41, 5.74) is 1.25. The predicted octanol–water partition coefficient (Wildman–Crippen LogP) is 2.21. The van der Waals surface area contributed by atoms with Gasteiger partial charge in [0.1, 0.15) is 11.3 Å². The van der Waals surface area contributed by atoms with Crippen LogP contribution in [0.3, 0.4) is 0 Å². The predicted molar refractivity (Wildman–Crippen MR) is 56.1 cm³/mol. The number of hydrogen-bond acceptors (Lipinski definition) is 4. The van der Waals surface area contributed by atoms with E-state index in [1.54, 1.807) is 13.2 Å². The standard InChI is InChI=1S/C11H8N2O2/c1-15-10-4-2-3-8-5-9(13-7-14)6-12-11(8)10/h2-6H,1H3. The van der Waals surface area contributed by atoms with E-state index in [9.17, 15) is 4.79 Å². The Morgan fingerprint density at radius 2 is 2.33 bits per heavy atom. The zero-order valence-corrected chi connectivity index (χ0v) is 8.10. The number of fused-ring (bicyclic) bond motifs is 1. The van der Waals surface area contributed by atoms with Crippen LogP contribution in [0.15, 0.2) is 35.5 Å². The van der Waals surface area contributed by atoms with Crippen molar-refractivity contribution in [2.75, 3.05) is 7.11 Å². The Morgan fingerprint density at radius 3 is 3.07 bits per heavy atom. The third-order valence-electron chi connectivity index (χ3n) is 2.05. The third-order valence-corrected chi connectivity index (χ3v) is 2.05. The summed E-state index contributed by atoms with van der Waals surface area (Å²) in [7, 11) is 1.59. The van der Waals surface area contributed by atoms with Crippen LogP contribution in [0.5, 0.6) is 5.75 Å². The number of pyridine rings is 1. The first-order valence-electron chi connectivity index (χ1n) is 4.36. The minimum absolute atomic E-state index is 0.491. The molecule has 0 aliphatic rings. The number of hydrogen-bond donors (Lipinski definition) is 0. The molecule has 0 radical (unpaired) electrons. The van der Waals surface area contributed by atoms with Gasteiger partial charge in [0, 0.05) is 5.39 Å². The van der Waals surface area contributed by atoms with Crippen molar-refractivity contribution in [3.63, 3.8) is 0 Å². The van der Waals surface area contributed by atoms with E-state index in [1.807, 2.05) is 18.2 Å². The number of aliphatic imine (C=N–C) groups is 1. The lowest BCUT2D eigenvalue weighted by molar-refractivity contribution is 0.419. The Labute approximate surface area is 86.2 Å². The summed E-state index contributed by atoms with van der Waals surface area (Å²) in [6, 6.07) is 7.33. The zero-order chi connectivity index (χ0) is 10.7. The summed E-state index contributed by atoms with van der Waals surface area (Å²) in [6.45, 7) is 0. The second kappa shape index (κ2) is 3.90. The van der Waals surface area contributed by atoms with Gasteiger partial charge in [0.25, 0.3) is 0 Å². The molecule has 0 aliphatic carbocycles. The van der Waals surface area contributed by atoms with Crippen molar-refractivity contribution in [2.45, 2.75) is 0 Å². The van der Waals surface area contributed by atoms with Crippen molar-refractivity contribution in [1.82, 2.24) is 4.98 Å². The van der Waals surface area contributed by atoms with Crippen molar-refractivity contribution in [3.8, 4) is 5.75 Å². The molecule has 15 heavy (non-hydrogen) atoms. The second-order valence-corrected chi connectivity index (χ2v) is 2.93. The number of aromatic nitrogens is 1. The average molecular weight is 200 g/mol. The molecule has 2 aromatic rings. The first-order chi connectivity index (χ1) is 7.35. The van der Waals surface area contributed by atoms with Crippen LogP contribution in [0.25, 0.3) is 10.9 Å². The van der Waals surface area contributed by atoms with E-state index >= 15 is 0 Å². The SMILES string of the molecule is COc1cccc2cc(N=C=O)cnc12. The third kappa shape index (κ3) is 1.71. The van der Waals surface area contributed by atoms with E-state index in [0.29, 0.717) is 11.4 Å². The van der Waals surface area contributed by atoms with Crippen LogP contribution in [0, 0.1) is 0 Å². The van der Waals surface area contributed by atoms with Gasteiger partial charge < -0.3 is 4.74 Å². The molecule has 1 aromatic heterocycles. The van der Waals surface area contributed by atoms with Crippen LogP contribution in [0.1, 0.15) is 0 Å². The van der Waals surface area contributed by atoms with Crippen LogP contribution >= 0.6 is 0 Å². The number of carbonyl (C=O) groups excluding carboxylic acids is 1. The van der Waals surface area contributed by atoms with Gasteiger partial charge >= 0.3 is 0 Å². The molecule has 0 spiro atoms. The van der Waals surface area contributed by atoms with Crippen LogP contribution in [0.4, 0.5) is 5.69 Å². The lowest BCUT2D eigenvalue weighted by Gasteiger charge is -2.03.